The van der Waals surface area contributed by atoms with Gasteiger partial charge in [0.15, 0.2) is 0 Å². The number of hydrogen-bond acceptors (Lipinski definition) is 7. The molecule has 0 fully saturated rings. The number of hydrogen-bond donors (Lipinski definition) is 2. The van der Waals surface area contributed by atoms with E-state index in [9.17, 15) is 14.3 Å². The van der Waals surface area contributed by atoms with Crippen molar-refractivity contribution in [3.8, 4) is 0 Å². The first-order valence-electron chi connectivity index (χ1n) is 27.9. The van der Waals surface area contributed by atoms with E-state index in [1.807, 2.05) is 0 Å². The molecular formula is C58H106NO7P. The molecule has 0 aliphatic heterocycles. The maximum absolute atomic E-state index is 12.7. The number of phosphoric ester groups is 1. The molecule has 8 nitrogen and oxygen atoms in total. The van der Waals surface area contributed by atoms with Crippen molar-refractivity contribution in [2.45, 2.75) is 258 Å². The maximum atomic E-state index is 12.7. The van der Waals surface area contributed by atoms with E-state index < -0.39 is 13.9 Å². The minimum atomic E-state index is -4.29. The van der Waals surface area contributed by atoms with Gasteiger partial charge in [-0.3, -0.25) is 13.8 Å². The molecule has 0 radical (unpaired) electrons. The Balaban J connectivity index is 3.94. The molecule has 0 amide bonds. The Kier molecular flexibility index (Phi) is 53.2. The molecule has 0 bridgehead atoms. The Labute approximate surface area is 414 Å². The molecule has 390 valence electrons. The molecule has 0 aliphatic carbocycles. The molecule has 9 heteroatoms. The van der Waals surface area contributed by atoms with Crippen LogP contribution in [0.1, 0.15) is 251 Å². The van der Waals surface area contributed by atoms with Crippen LogP contribution in [0.2, 0.25) is 0 Å². The molecule has 3 N–H and O–H groups in total. The zero-order valence-electron chi connectivity index (χ0n) is 43.6. The molecule has 0 heterocycles. The van der Waals surface area contributed by atoms with Gasteiger partial charge in [0.25, 0.3) is 0 Å². The van der Waals surface area contributed by atoms with Crippen LogP contribution in [-0.4, -0.2) is 49.9 Å². The predicted molar refractivity (Wildman–Crippen MR) is 288 cm³/mol. The predicted octanol–water partition coefficient (Wildman–Crippen LogP) is 17.8. The third-order valence-electron chi connectivity index (χ3n) is 11.9. The largest absolute Gasteiger partial charge is 0.472 e. The third-order valence-corrected chi connectivity index (χ3v) is 12.9. The molecule has 0 aliphatic rings. The summed E-state index contributed by atoms with van der Waals surface area (Å²) in [5.74, 6) is -0.332. The molecule has 0 aromatic heterocycles. The van der Waals surface area contributed by atoms with Gasteiger partial charge in [-0.25, -0.2) is 4.57 Å². The molecular weight excluding hydrogens is 854 g/mol. The van der Waals surface area contributed by atoms with Crippen LogP contribution in [-0.2, 0) is 27.9 Å². The highest BCUT2D eigenvalue weighted by atomic mass is 31.2. The van der Waals surface area contributed by atoms with Gasteiger partial charge in [0.2, 0.25) is 0 Å². The van der Waals surface area contributed by atoms with Crippen molar-refractivity contribution in [2.24, 2.45) is 5.73 Å². The van der Waals surface area contributed by atoms with Crippen LogP contribution in [0.5, 0.6) is 0 Å². The average molecular weight is 960 g/mol. The highest BCUT2D eigenvalue weighted by molar-refractivity contribution is 7.47. The molecule has 0 saturated carbocycles. The van der Waals surface area contributed by atoms with E-state index in [4.69, 9.17) is 24.3 Å². The van der Waals surface area contributed by atoms with Crippen molar-refractivity contribution < 1.29 is 32.8 Å². The van der Waals surface area contributed by atoms with Gasteiger partial charge in [-0.15, -0.1) is 0 Å². The van der Waals surface area contributed by atoms with Gasteiger partial charge in [0, 0.05) is 19.6 Å². The smallest absolute Gasteiger partial charge is 0.457 e. The zero-order chi connectivity index (χ0) is 48.7. The van der Waals surface area contributed by atoms with Crippen LogP contribution >= 0.6 is 7.82 Å². The van der Waals surface area contributed by atoms with Crippen molar-refractivity contribution in [3.63, 3.8) is 0 Å². The standard InChI is InChI=1S/C58H106NO7P/c1-3-5-7-9-11-13-15-17-19-21-23-25-27-28-29-30-32-34-36-38-40-42-44-46-48-50-53-63-55-57(56-65-67(61,62)64-54-52-59)66-58(60)51-49-47-45-43-41-39-37-35-33-31-26-24-22-20-18-16-14-12-10-8-6-4-2/h5,7,11,13,17,19,23,25,28-29,32,34,57H,3-4,6,8-10,12,14-16,18,20-22,24,26-27,30-31,33,35-56,59H2,1-2H3,(H,61,62)/b7-5-,13-11-,19-17-,25-23-,29-28-,34-32-. The van der Waals surface area contributed by atoms with Crippen LogP contribution < -0.4 is 5.73 Å². The highest BCUT2D eigenvalue weighted by Gasteiger charge is 2.25. The number of rotatable bonds is 53. The topological polar surface area (TPSA) is 117 Å². The van der Waals surface area contributed by atoms with Crippen LogP contribution in [0.25, 0.3) is 0 Å². The number of esters is 1. The molecule has 0 aromatic rings. The van der Waals surface area contributed by atoms with Gasteiger partial charge < -0.3 is 20.1 Å². The lowest BCUT2D eigenvalue weighted by molar-refractivity contribution is -0.154. The molecule has 67 heavy (non-hydrogen) atoms. The van der Waals surface area contributed by atoms with Gasteiger partial charge >= 0.3 is 13.8 Å². The summed E-state index contributed by atoms with van der Waals surface area (Å²) in [5.41, 5.74) is 5.40. The number of carbonyl (C=O) groups excluding carboxylic acids is 1. The average Bonchev–Trinajstić information content (AvgIpc) is 3.32. The number of carbonyl (C=O) groups is 1. The Hall–Kier alpha value is -2.06. The van der Waals surface area contributed by atoms with Crippen LogP contribution in [0.4, 0.5) is 0 Å². The second-order valence-electron chi connectivity index (χ2n) is 18.4. The van der Waals surface area contributed by atoms with E-state index in [1.54, 1.807) is 0 Å². The molecule has 0 spiro atoms. The fourth-order valence-corrected chi connectivity index (χ4v) is 8.59. The summed E-state index contributed by atoms with van der Waals surface area (Å²) in [4.78, 5) is 22.7. The van der Waals surface area contributed by atoms with E-state index in [2.05, 4.69) is 86.8 Å². The van der Waals surface area contributed by atoms with Crippen molar-refractivity contribution in [2.75, 3.05) is 33.0 Å². The first-order valence-corrected chi connectivity index (χ1v) is 29.4. The number of nitrogens with two attached hydrogens (primary N) is 1. The summed E-state index contributed by atoms with van der Waals surface area (Å²) >= 11 is 0. The highest BCUT2D eigenvalue weighted by Crippen LogP contribution is 2.43. The summed E-state index contributed by atoms with van der Waals surface area (Å²) in [5, 5.41) is 0. The molecule has 0 saturated heterocycles. The summed E-state index contributed by atoms with van der Waals surface area (Å²) in [7, 11) is -4.29. The first kappa shape index (κ1) is 64.9. The Morgan fingerprint density at radius 2 is 0.836 bits per heavy atom. The minimum Gasteiger partial charge on any atom is -0.457 e. The van der Waals surface area contributed by atoms with Gasteiger partial charge in [-0.1, -0.05) is 254 Å². The molecule has 2 unspecified atom stereocenters. The van der Waals surface area contributed by atoms with E-state index in [0.717, 1.165) is 83.5 Å². The van der Waals surface area contributed by atoms with Crippen molar-refractivity contribution >= 4 is 13.8 Å². The van der Waals surface area contributed by atoms with Crippen molar-refractivity contribution in [1.82, 2.24) is 0 Å². The zero-order valence-corrected chi connectivity index (χ0v) is 44.5. The lowest BCUT2D eigenvalue weighted by atomic mass is 10.0. The van der Waals surface area contributed by atoms with Gasteiger partial charge in [-0.05, 0) is 64.2 Å². The Bertz CT molecular complexity index is 1260. The summed E-state index contributed by atoms with van der Waals surface area (Å²) in [6.45, 7) is 4.81. The van der Waals surface area contributed by atoms with Gasteiger partial charge in [-0.2, -0.15) is 0 Å². The Morgan fingerprint density at radius 3 is 1.25 bits per heavy atom. The quantitative estimate of drug-likeness (QED) is 0.0268. The molecule has 0 rings (SSSR count). The van der Waals surface area contributed by atoms with Crippen LogP contribution in [0.3, 0.4) is 0 Å². The lowest BCUT2D eigenvalue weighted by Gasteiger charge is -2.20. The maximum Gasteiger partial charge on any atom is 0.472 e. The summed E-state index contributed by atoms with van der Waals surface area (Å²) in [6.07, 6.45) is 70.9. The fourth-order valence-electron chi connectivity index (χ4n) is 7.83. The van der Waals surface area contributed by atoms with Crippen molar-refractivity contribution in [3.05, 3.63) is 72.9 Å². The Morgan fingerprint density at radius 1 is 0.463 bits per heavy atom. The monoisotopic (exact) mass is 960 g/mol. The van der Waals surface area contributed by atoms with E-state index in [1.165, 1.54) is 148 Å². The van der Waals surface area contributed by atoms with E-state index >= 15 is 0 Å². The number of allylic oxidation sites excluding steroid dienone is 12. The second-order valence-corrected chi connectivity index (χ2v) is 19.9. The molecule has 2 atom stereocenters. The molecule has 0 aromatic carbocycles. The van der Waals surface area contributed by atoms with Crippen LogP contribution in [0.15, 0.2) is 72.9 Å². The first-order chi connectivity index (χ1) is 32.9. The fraction of sp³-hybridized carbons (Fsp3) is 0.776. The minimum absolute atomic E-state index is 0.0965. The van der Waals surface area contributed by atoms with Crippen molar-refractivity contribution in [1.29, 1.82) is 0 Å². The van der Waals surface area contributed by atoms with Gasteiger partial charge in [0.05, 0.1) is 19.8 Å². The van der Waals surface area contributed by atoms with E-state index in [-0.39, 0.29) is 32.3 Å². The second kappa shape index (κ2) is 54.9. The van der Waals surface area contributed by atoms with Gasteiger partial charge in [0.1, 0.15) is 6.10 Å². The normalized spacial score (nSPS) is 13.8. The number of unbranched alkanes of at least 4 members (excludes halogenated alkanes) is 28. The summed E-state index contributed by atoms with van der Waals surface area (Å²) in [6, 6.07) is 0. The van der Waals surface area contributed by atoms with Crippen LogP contribution in [0, 0.1) is 0 Å². The SMILES string of the molecule is CC/C=C\C/C=C\C/C=C\C/C=C\C/C=C\C/C=C\CCCCCCCCCOCC(COP(=O)(O)OCCN)OC(=O)CCCCCCCCCCCCCCCCCCCCCCCC. The van der Waals surface area contributed by atoms with E-state index in [0.29, 0.717) is 13.0 Å². The number of phosphoric acid groups is 1. The number of ether oxygens (including phenoxy) is 2. The summed E-state index contributed by atoms with van der Waals surface area (Å²) < 4.78 is 33.7. The lowest BCUT2D eigenvalue weighted by Crippen LogP contribution is -2.28. The third kappa shape index (κ3) is 54.7.